The zero-order chi connectivity index (χ0) is 10.1. The summed E-state index contributed by atoms with van der Waals surface area (Å²) in [5, 5.41) is 1.66. The Morgan fingerprint density at radius 1 is 1.23 bits per heavy atom. The summed E-state index contributed by atoms with van der Waals surface area (Å²) in [5.41, 5.74) is 0.566. The molecule has 0 atom stereocenters. The maximum absolute atomic E-state index is 3.53. The van der Waals surface area contributed by atoms with Gasteiger partial charge < -0.3 is 0 Å². The monoisotopic (exact) mass is 262 g/mol. The van der Waals surface area contributed by atoms with Gasteiger partial charge in [0.15, 0.2) is 0 Å². The van der Waals surface area contributed by atoms with Crippen LogP contribution in [-0.4, -0.2) is 26.4 Å². The summed E-state index contributed by atoms with van der Waals surface area (Å²) in [6.45, 7) is 9.40. The average Bonchev–Trinajstić information content (AvgIpc) is 2.54. The molecule has 0 saturated carbocycles. The van der Waals surface area contributed by atoms with Crippen LogP contribution in [0.2, 0.25) is 0 Å². The summed E-state index contributed by atoms with van der Waals surface area (Å²) in [6, 6.07) is 0. The van der Waals surface area contributed by atoms with Gasteiger partial charge in [-0.3, -0.25) is 0 Å². The van der Waals surface area contributed by atoms with Crippen molar-refractivity contribution < 1.29 is 0 Å². The van der Waals surface area contributed by atoms with E-state index in [1.54, 1.807) is 5.31 Å². The fraction of sp³-hybridized carbons (Fsp3) is 0.636. The molecule has 0 amide bonds. The second-order valence-corrected chi connectivity index (χ2v) is 12.0. The Balaban J connectivity index is 2.99. The molecule has 1 aliphatic carbocycles. The van der Waals surface area contributed by atoms with Crippen molar-refractivity contribution >= 4 is 20.6 Å². The molecule has 0 aromatic rings. The molecule has 0 radical (unpaired) electrons. The Labute approximate surface area is 89.7 Å². The molecule has 0 aromatic heterocycles. The third kappa shape index (κ3) is 2.09. The van der Waals surface area contributed by atoms with E-state index in [-0.39, 0.29) is 0 Å². The predicted octanol–water partition coefficient (Wildman–Crippen LogP) is 3.75. The second-order valence-electron chi connectivity index (χ2n) is 4.19. The van der Waals surface area contributed by atoms with E-state index in [2.05, 4.69) is 61.0 Å². The van der Waals surface area contributed by atoms with Crippen LogP contribution in [0, 0.1) is 0 Å². The molecule has 0 aromatic carbocycles. The van der Waals surface area contributed by atoms with Crippen molar-refractivity contribution in [2.45, 2.75) is 45.4 Å². The first-order chi connectivity index (χ1) is 5.99. The van der Waals surface area contributed by atoms with Crippen molar-refractivity contribution in [1.82, 2.24) is 0 Å². The molecule has 2 heteroatoms. The van der Waals surface area contributed by atoms with Gasteiger partial charge in [-0.1, -0.05) is 0 Å². The molecule has 74 valence electrons. The van der Waals surface area contributed by atoms with E-state index in [0.29, 0.717) is 0 Å². The standard InChI is InChI=1S/C11H19PSe/c1-9(2)12(13,10(3)4)11-7-5-6-8-11/h5-7,9-10H,8H2,1-4H3. The van der Waals surface area contributed by atoms with E-state index in [1.165, 1.54) is 6.42 Å². The molecule has 1 rings (SSSR count). The zero-order valence-corrected chi connectivity index (χ0v) is 11.6. The molecule has 0 heterocycles. The van der Waals surface area contributed by atoms with Crippen molar-refractivity contribution in [3.63, 3.8) is 0 Å². The first-order valence-corrected chi connectivity index (χ1v) is 9.09. The molecule has 1 aliphatic rings. The molecule has 0 bridgehead atoms. The number of rotatable bonds is 3. The molecule has 0 nitrogen and oxygen atoms in total. The van der Waals surface area contributed by atoms with Crippen molar-refractivity contribution in [2.24, 2.45) is 0 Å². The molecule has 0 saturated heterocycles. The van der Waals surface area contributed by atoms with Gasteiger partial charge in [-0.25, -0.2) is 0 Å². The van der Waals surface area contributed by atoms with Gasteiger partial charge in [-0.15, -0.1) is 0 Å². The molecular weight excluding hydrogens is 242 g/mol. The minimum absolute atomic E-state index is 0.777. The molecular formula is C11H19PSe. The van der Waals surface area contributed by atoms with Crippen LogP contribution in [0.4, 0.5) is 0 Å². The predicted molar refractivity (Wildman–Crippen MR) is 64.8 cm³/mol. The molecule has 0 aliphatic heterocycles. The van der Waals surface area contributed by atoms with E-state index in [4.69, 9.17) is 0 Å². The fourth-order valence-corrected chi connectivity index (χ4v) is 6.04. The van der Waals surface area contributed by atoms with E-state index in [9.17, 15) is 0 Å². The third-order valence-electron chi connectivity index (χ3n) is 2.73. The van der Waals surface area contributed by atoms with Crippen LogP contribution in [0.25, 0.3) is 0 Å². The number of hydrogen-bond donors (Lipinski definition) is 0. The van der Waals surface area contributed by atoms with Gasteiger partial charge >= 0.3 is 89.6 Å². The molecule has 0 unspecified atom stereocenters. The first-order valence-electron chi connectivity index (χ1n) is 4.95. The van der Waals surface area contributed by atoms with Gasteiger partial charge in [-0.05, 0) is 0 Å². The van der Waals surface area contributed by atoms with Crippen LogP contribution < -0.4 is 0 Å². The van der Waals surface area contributed by atoms with Gasteiger partial charge in [0.25, 0.3) is 0 Å². The minimum atomic E-state index is -0.987. The summed E-state index contributed by atoms with van der Waals surface area (Å²) < 4.78 is 0. The summed E-state index contributed by atoms with van der Waals surface area (Å²) in [7, 11) is 0. The molecule has 13 heavy (non-hydrogen) atoms. The topological polar surface area (TPSA) is 0 Å². The van der Waals surface area contributed by atoms with Gasteiger partial charge in [0.05, 0.1) is 0 Å². The van der Waals surface area contributed by atoms with Crippen LogP contribution >= 0.6 is 5.51 Å². The number of hydrogen-bond acceptors (Lipinski definition) is 0. The van der Waals surface area contributed by atoms with Crippen LogP contribution in [-0.2, 0) is 0 Å². The van der Waals surface area contributed by atoms with Crippen LogP contribution in [0.15, 0.2) is 23.5 Å². The second kappa shape index (κ2) is 4.30. The summed E-state index contributed by atoms with van der Waals surface area (Å²) in [6.07, 6.45) is 7.97. The van der Waals surface area contributed by atoms with Crippen molar-refractivity contribution in [2.75, 3.05) is 0 Å². The number of allylic oxidation sites excluding steroid dienone is 4. The van der Waals surface area contributed by atoms with E-state index in [1.807, 2.05) is 0 Å². The molecule has 0 N–H and O–H groups in total. The van der Waals surface area contributed by atoms with E-state index >= 15 is 0 Å². The van der Waals surface area contributed by atoms with E-state index in [0.717, 1.165) is 11.3 Å². The Morgan fingerprint density at radius 3 is 2.08 bits per heavy atom. The van der Waals surface area contributed by atoms with Gasteiger partial charge in [0, 0.05) is 0 Å². The fourth-order valence-electron chi connectivity index (χ4n) is 1.95. The Morgan fingerprint density at radius 2 is 1.77 bits per heavy atom. The Bertz CT molecular complexity index is 272. The van der Waals surface area contributed by atoms with Crippen molar-refractivity contribution in [3.05, 3.63) is 23.5 Å². The quantitative estimate of drug-likeness (QED) is 0.536. The molecule has 0 spiro atoms. The SMILES string of the molecule is CC(C)P(=[Se])(C1=CC=CC1)C(C)C. The Kier molecular flexibility index (Phi) is 3.81. The van der Waals surface area contributed by atoms with Crippen molar-refractivity contribution in [1.29, 1.82) is 0 Å². The van der Waals surface area contributed by atoms with Crippen molar-refractivity contribution in [3.8, 4) is 0 Å². The normalized spacial score (nSPS) is 17.2. The van der Waals surface area contributed by atoms with Gasteiger partial charge in [0.2, 0.25) is 0 Å². The van der Waals surface area contributed by atoms with E-state index < -0.39 is 5.51 Å². The van der Waals surface area contributed by atoms with Crippen LogP contribution in [0.1, 0.15) is 34.1 Å². The first kappa shape index (κ1) is 11.5. The summed E-state index contributed by atoms with van der Waals surface area (Å²) >= 11 is 3.53. The van der Waals surface area contributed by atoms with Crippen LogP contribution in [0.5, 0.6) is 0 Å². The van der Waals surface area contributed by atoms with Crippen LogP contribution in [0.3, 0.4) is 0 Å². The average molecular weight is 261 g/mol. The van der Waals surface area contributed by atoms with Gasteiger partial charge in [0.1, 0.15) is 0 Å². The zero-order valence-electron chi connectivity index (χ0n) is 8.95. The molecule has 0 fully saturated rings. The third-order valence-corrected chi connectivity index (χ3v) is 13.8. The van der Waals surface area contributed by atoms with Gasteiger partial charge in [-0.2, -0.15) is 0 Å². The summed E-state index contributed by atoms with van der Waals surface area (Å²) in [4.78, 5) is 0. The summed E-state index contributed by atoms with van der Waals surface area (Å²) in [5.74, 6) is 0. The Hall–Kier alpha value is 0.429. The maximum atomic E-state index is 3.53.